The summed E-state index contributed by atoms with van der Waals surface area (Å²) < 4.78 is 6.96. The normalized spacial score (nSPS) is 16.0. The zero-order valence-electron chi connectivity index (χ0n) is 7.48. The van der Waals surface area contributed by atoms with E-state index >= 15 is 0 Å². The van der Waals surface area contributed by atoms with E-state index in [1.165, 1.54) is 12.8 Å². The topological polar surface area (TPSA) is 31.2 Å². The standard InChI is InChI=1S/C10H13NO2/c12-10-3-1-2-6-11(10)8-13-7-9-4-5-9/h1-3,6,9H,4-5,7-8H2. The van der Waals surface area contributed by atoms with Gasteiger partial charge in [-0.3, -0.25) is 9.36 Å². The highest BCUT2D eigenvalue weighted by atomic mass is 16.5. The van der Waals surface area contributed by atoms with Crippen LogP contribution in [0.25, 0.3) is 0 Å². The zero-order chi connectivity index (χ0) is 9.10. The van der Waals surface area contributed by atoms with Crippen molar-refractivity contribution in [2.24, 2.45) is 5.92 Å². The number of pyridine rings is 1. The van der Waals surface area contributed by atoms with Crippen molar-refractivity contribution in [3.63, 3.8) is 0 Å². The molecule has 0 spiro atoms. The van der Waals surface area contributed by atoms with Crippen LogP contribution in [0, 0.1) is 5.92 Å². The first kappa shape index (κ1) is 8.51. The van der Waals surface area contributed by atoms with Gasteiger partial charge in [-0.1, -0.05) is 6.07 Å². The minimum Gasteiger partial charge on any atom is -0.360 e. The quantitative estimate of drug-likeness (QED) is 0.696. The fourth-order valence-corrected chi connectivity index (χ4v) is 1.17. The molecule has 1 aromatic heterocycles. The summed E-state index contributed by atoms with van der Waals surface area (Å²) in [6.45, 7) is 1.18. The first-order valence-corrected chi connectivity index (χ1v) is 4.59. The Bertz CT molecular complexity index is 328. The Balaban J connectivity index is 1.85. The molecule has 0 bridgehead atoms. The minimum absolute atomic E-state index is 0.00158. The number of nitrogens with zero attached hydrogens (tertiary/aromatic N) is 1. The summed E-state index contributed by atoms with van der Waals surface area (Å²) in [7, 11) is 0. The fourth-order valence-electron chi connectivity index (χ4n) is 1.17. The predicted octanol–water partition coefficient (Wildman–Crippen LogP) is 1.23. The predicted molar refractivity (Wildman–Crippen MR) is 49.4 cm³/mol. The fraction of sp³-hybridized carbons (Fsp3) is 0.500. The monoisotopic (exact) mass is 179 g/mol. The van der Waals surface area contributed by atoms with E-state index in [2.05, 4.69) is 0 Å². The van der Waals surface area contributed by atoms with Gasteiger partial charge in [0.1, 0.15) is 6.73 Å². The lowest BCUT2D eigenvalue weighted by Gasteiger charge is -2.05. The molecule has 0 atom stereocenters. The van der Waals surface area contributed by atoms with Crippen LogP contribution in [0.5, 0.6) is 0 Å². The van der Waals surface area contributed by atoms with Gasteiger partial charge >= 0.3 is 0 Å². The van der Waals surface area contributed by atoms with Gasteiger partial charge < -0.3 is 4.74 Å². The molecule has 1 heterocycles. The largest absolute Gasteiger partial charge is 0.360 e. The third kappa shape index (κ3) is 2.42. The first-order valence-electron chi connectivity index (χ1n) is 4.59. The van der Waals surface area contributed by atoms with Crippen LogP contribution in [0.15, 0.2) is 29.2 Å². The Kier molecular flexibility index (Phi) is 2.45. The molecule has 2 rings (SSSR count). The second-order valence-electron chi connectivity index (χ2n) is 3.45. The Labute approximate surface area is 77.0 Å². The van der Waals surface area contributed by atoms with Crippen molar-refractivity contribution in [1.29, 1.82) is 0 Å². The van der Waals surface area contributed by atoms with E-state index in [0.29, 0.717) is 6.73 Å². The van der Waals surface area contributed by atoms with Gasteiger partial charge in [0.05, 0.1) is 6.61 Å². The molecule has 0 aliphatic heterocycles. The van der Waals surface area contributed by atoms with Crippen molar-refractivity contribution < 1.29 is 4.74 Å². The first-order chi connectivity index (χ1) is 6.36. The summed E-state index contributed by atoms with van der Waals surface area (Å²) in [4.78, 5) is 11.2. The molecular weight excluding hydrogens is 166 g/mol. The second-order valence-corrected chi connectivity index (χ2v) is 3.45. The highest BCUT2D eigenvalue weighted by molar-refractivity contribution is 4.92. The summed E-state index contributed by atoms with van der Waals surface area (Å²) in [5.74, 6) is 0.749. The molecule has 1 aromatic rings. The Morgan fingerprint density at radius 2 is 2.31 bits per heavy atom. The summed E-state index contributed by atoms with van der Waals surface area (Å²) in [5.41, 5.74) is -0.00158. The third-order valence-corrected chi connectivity index (χ3v) is 2.18. The molecule has 70 valence electrons. The second kappa shape index (κ2) is 3.75. The number of ether oxygens (including phenoxy) is 1. The lowest BCUT2D eigenvalue weighted by atomic mass is 10.5. The van der Waals surface area contributed by atoms with Gasteiger partial charge in [0.25, 0.3) is 5.56 Å². The van der Waals surface area contributed by atoms with E-state index in [9.17, 15) is 4.79 Å². The van der Waals surface area contributed by atoms with E-state index in [1.54, 1.807) is 22.9 Å². The van der Waals surface area contributed by atoms with E-state index in [4.69, 9.17) is 4.74 Å². The molecule has 0 amide bonds. The van der Waals surface area contributed by atoms with Crippen LogP contribution in [0.4, 0.5) is 0 Å². The van der Waals surface area contributed by atoms with Crippen LogP contribution in [0.1, 0.15) is 12.8 Å². The molecule has 3 nitrogen and oxygen atoms in total. The molecule has 0 radical (unpaired) electrons. The van der Waals surface area contributed by atoms with Gasteiger partial charge in [0, 0.05) is 12.3 Å². The van der Waals surface area contributed by atoms with Crippen molar-refractivity contribution in [2.75, 3.05) is 6.61 Å². The molecule has 0 unspecified atom stereocenters. The Morgan fingerprint density at radius 1 is 1.46 bits per heavy atom. The van der Waals surface area contributed by atoms with Crippen LogP contribution in [-0.2, 0) is 11.5 Å². The van der Waals surface area contributed by atoms with Crippen LogP contribution < -0.4 is 5.56 Å². The van der Waals surface area contributed by atoms with E-state index in [0.717, 1.165) is 12.5 Å². The molecule has 13 heavy (non-hydrogen) atoms. The lowest BCUT2D eigenvalue weighted by Crippen LogP contribution is -2.19. The van der Waals surface area contributed by atoms with Gasteiger partial charge in [-0.2, -0.15) is 0 Å². The van der Waals surface area contributed by atoms with Crippen molar-refractivity contribution in [3.05, 3.63) is 34.7 Å². The van der Waals surface area contributed by atoms with Crippen molar-refractivity contribution in [2.45, 2.75) is 19.6 Å². The minimum atomic E-state index is -0.00158. The lowest BCUT2D eigenvalue weighted by molar-refractivity contribution is 0.0668. The number of rotatable bonds is 4. The maximum absolute atomic E-state index is 11.2. The Morgan fingerprint density at radius 3 is 3.00 bits per heavy atom. The summed E-state index contributed by atoms with van der Waals surface area (Å²) in [6, 6.07) is 5.11. The zero-order valence-corrected chi connectivity index (χ0v) is 7.48. The highest BCUT2D eigenvalue weighted by Crippen LogP contribution is 2.28. The van der Waals surface area contributed by atoms with Gasteiger partial charge in [-0.05, 0) is 24.8 Å². The molecule has 1 saturated carbocycles. The number of hydrogen-bond acceptors (Lipinski definition) is 2. The summed E-state index contributed by atoms with van der Waals surface area (Å²) in [6.07, 6.45) is 4.31. The maximum Gasteiger partial charge on any atom is 0.252 e. The molecule has 1 aliphatic carbocycles. The highest BCUT2D eigenvalue weighted by Gasteiger charge is 2.20. The average Bonchev–Trinajstić information content (AvgIpc) is 2.92. The summed E-state index contributed by atoms with van der Waals surface area (Å²) >= 11 is 0. The van der Waals surface area contributed by atoms with Crippen molar-refractivity contribution in [1.82, 2.24) is 4.57 Å². The maximum atomic E-state index is 11.2. The van der Waals surface area contributed by atoms with E-state index in [-0.39, 0.29) is 5.56 Å². The van der Waals surface area contributed by atoms with Crippen LogP contribution >= 0.6 is 0 Å². The van der Waals surface area contributed by atoms with Gasteiger partial charge in [-0.15, -0.1) is 0 Å². The SMILES string of the molecule is O=c1ccccn1COCC1CC1. The van der Waals surface area contributed by atoms with Gasteiger partial charge in [-0.25, -0.2) is 0 Å². The van der Waals surface area contributed by atoms with Crippen molar-refractivity contribution in [3.8, 4) is 0 Å². The molecule has 0 saturated heterocycles. The molecule has 1 fully saturated rings. The van der Waals surface area contributed by atoms with Crippen LogP contribution in [0.3, 0.4) is 0 Å². The smallest absolute Gasteiger partial charge is 0.252 e. The van der Waals surface area contributed by atoms with E-state index in [1.807, 2.05) is 6.07 Å². The van der Waals surface area contributed by atoms with Gasteiger partial charge in [0.15, 0.2) is 0 Å². The summed E-state index contributed by atoms with van der Waals surface area (Å²) in [5, 5.41) is 0. The number of aromatic nitrogens is 1. The Hall–Kier alpha value is -1.09. The molecule has 3 heteroatoms. The molecule has 0 N–H and O–H groups in total. The van der Waals surface area contributed by atoms with Crippen LogP contribution in [-0.4, -0.2) is 11.2 Å². The van der Waals surface area contributed by atoms with Crippen molar-refractivity contribution >= 4 is 0 Å². The molecule has 0 aromatic carbocycles. The number of hydrogen-bond donors (Lipinski definition) is 0. The average molecular weight is 179 g/mol. The third-order valence-electron chi connectivity index (χ3n) is 2.18. The van der Waals surface area contributed by atoms with Crippen LogP contribution in [0.2, 0.25) is 0 Å². The van der Waals surface area contributed by atoms with Gasteiger partial charge in [0.2, 0.25) is 0 Å². The molecular formula is C10H13NO2. The van der Waals surface area contributed by atoms with E-state index < -0.39 is 0 Å². The molecule has 1 aliphatic rings.